The minimum Gasteiger partial charge on any atom is -0.375 e. The van der Waals surface area contributed by atoms with E-state index in [4.69, 9.17) is 23.2 Å². The maximum absolute atomic E-state index is 13.6. The zero-order valence-electron chi connectivity index (χ0n) is 10.0. The molecule has 0 radical (unpaired) electrons. The molecule has 0 saturated heterocycles. The highest BCUT2D eigenvalue weighted by Gasteiger charge is 2.11. The van der Waals surface area contributed by atoms with Crippen molar-refractivity contribution in [1.29, 1.82) is 0 Å². The van der Waals surface area contributed by atoms with Gasteiger partial charge in [-0.25, -0.2) is 4.39 Å². The molecule has 0 spiro atoms. The number of benzene rings is 2. The fraction of sp³-hybridized carbons (Fsp3) is 0.143. The summed E-state index contributed by atoms with van der Waals surface area (Å²) in [5, 5.41) is 1.11. The van der Waals surface area contributed by atoms with E-state index in [1.54, 1.807) is 49.3 Å². The van der Waals surface area contributed by atoms with Crippen molar-refractivity contribution in [3.63, 3.8) is 0 Å². The Bertz CT molecular complexity index is 562. The molecule has 0 fully saturated rings. The molecule has 0 unspecified atom stereocenters. The molecular weight excluding hydrogens is 272 g/mol. The first-order chi connectivity index (χ1) is 8.50. The van der Waals surface area contributed by atoms with Crippen molar-refractivity contribution >= 4 is 28.9 Å². The molecule has 0 heterocycles. The number of halogens is 3. The summed E-state index contributed by atoms with van der Waals surface area (Å²) in [6, 6.07) is 10.1. The molecule has 0 aliphatic rings. The van der Waals surface area contributed by atoms with Crippen LogP contribution in [-0.2, 0) is 0 Å². The predicted molar refractivity (Wildman–Crippen MR) is 76.2 cm³/mol. The van der Waals surface area contributed by atoms with E-state index in [0.717, 1.165) is 11.1 Å². The van der Waals surface area contributed by atoms with Crippen molar-refractivity contribution in [3.05, 3.63) is 52.3 Å². The summed E-state index contributed by atoms with van der Waals surface area (Å²) >= 11 is 12.3. The fourth-order valence-electron chi connectivity index (χ4n) is 1.78. The maximum Gasteiger partial charge on any atom is 0.146 e. The van der Waals surface area contributed by atoms with Gasteiger partial charge in [0.2, 0.25) is 0 Å². The fourth-order valence-corrected chi connectivity index (χ4v) is 2.40. The highest BCUT2D eigenvalue weighted by molar-refractivity contribution is 6.39. The third-order valence-corrected chi connectivity index (χ3v) is 3.31. The minimum absolute atomic E-state index is 0.271. The van der Waals surface area contributed by atoms with Gasteiger partial charge in [-0.15, -0.1) is 0 Å². The molecule has 94 valence electrons. The molecule has 4 heteroatoms. The highest BCUT2D eigenvalue weighted by Crippen LogP contribution is 2.36. The summed E-state index contributed by atoms with van der Waals surface area (Å²) in [6.45, 7) is 0. The Balaban J connectivity index is 2.62. The van der Waals surface area contributed by atoms with Crippen molar-refractivity contribution < 1.29 is 4.39 Å². The van der Waals surface area contributed by atoms with Gasteiger partial charge in [0, 0.05) is 29.7 Å². The molecule has 0 saturated carbocycles. The summed E-state index contributed by atoms with van der Waals surface area (Å²) in [6.07, 6.45) is 0. The zero-order chi connectivity index (χ0) is 13.3. The van der Waals surface area contributed by atoms with E-state index < -0.39 is 0 Å². The van der Waals surface area contributed by atoms with E-state index in [0.29, 0.717) is 15.7 Å². The zero-order valence-corrected chi connectivity index (χ0v) is 11.6. The van der Waals surface area contributed by atoms with Crippen molar-refractivity contribution in [3.8, 4) is 11.1 Å². The molecular formula is C14H12Cl2FN. The average molecular weight is 284 g/mol. The van der Waals surface area contributed by atoms with Gasteiger partial charge in [0.1, 0.15) is 5.82 Å². The smallest absolute Gasteiger partial charge is 0.146 e. The van der Waals surface area contributed by atoms with Crippen LogP contribution in [0.4, 0.5) is 10.1 Å². The molecule has 1 nitrogen and oxygen atoms in total. The third-order valence-electron chi connectivity index (χ3n) is 2.68. The number of hydrogen-bond acceptors (Lipinski definition) is 1. The van der Waals surface area contributed by atoms with Gasteiger partial charge in [-0.05, 0) is 29.8 Å². The van der Waals surface area contributed by atoms with Crippen LogP contribution < -0.4 is 4.90 Å². The largest absolute Gasteiger partial charge is 0.375 e. The van der Waals surface area contributed by atoms with Crippen molar-refractivity contribution in [1.82, 2.24) is 0 Å². The molecule has 2 aromatic rings. The van der Waals surface area contributed by atoms with Crippen LogP contribution in [0.2, 0.25) is 10.0 Å². The lowest BCUT2D eigenvalue weighted by molar-refractivity contribution is 0.626. The first-order valence-corrected chi connectivity index (χ1v) is 6.17. The average Bonchev–Trinajstić information content (AvgIpc) is 2.30. The number of nitrogens with zero attached hydrogens (tertiary/aromatic N) is 1. The Morgan fingerprint density at radius 3 is 2.17 bits per heavy atom. The first-order valence-electron chi connectivity index (χ1n) is 5.42. The van der Waals surface area contributed by atoms with Crippen molar-refractivity contribution in [2.45, 2.75) is 0 Å². The van der Waals surface area contributed by atoms with Crippen LogP contribution in [0.25, 0.3) is 11.1 Å². The van der Waals surface area contributed by atoms with Crippen LogP contribution in [-0.4, -0.2) is 14.1 Å². The van der Waals surface area contributed by atoms with Crippen molar-refractivity contribution in [2.75, 3.05) is 19.0 Å². The van der Waals surface area contributed by atoms with Crippen LogP contribution in [0, 0.1) is 5.82 Å². The molecule has 0 bridgehead atoms. The summed E-state index contributed by atoms with van der Waals surface area (Å²) in [7, 11) is 3.58. The Kier molecular flexibility index (Phi) is 3.79. The third kappa shape index (κ3) is 2.45. The predicted octanol–water partition coefficient (Wildman–Crippen LogP) is 4.87. The van der Waals surface area contributed by atoms with Gasteiger partial charge >= 0.3 is 0 Å². The van der Waals surface area contributed by atoms with Crippen LogP contribution >= 0.6 is 23.2 Å². The Morgan fingerprint density at radius 1 is 1.00 bits per heavy atom. The molecule has 0 aliphatic heterocycles. The maximum atomic E-state index is 13.6. The molecule has 0 aliphatic carbocycles. The summed E-state index contributed by atoms with van der Waals surface area (Å²) in [5.41, 5.74) is 2.03. The molecule has 2 aromatic carbocycles. The second-order valence-electron chi connectivity index (χ2n) is 4.16. The summed E-state index contributed by atoms with van der Waals surface area (Å²) < 4.78 is 13.6. The SMILES string of the molecule is CN(C)c1cc(-c2c(Cl)cccc2Cl)ccc1F. The van der Waals surface area contributed by atoms with E-state index in [2.05, 4.69) is 0 Å². The van der Waals surface area contributed by atoms with E-state index in [1.165, 1.54) is 6.07 Å². The van der Waals surface area contributed by atoms with Gasteiger partial charge in [-0.1, -0.05) is 35.3 Å². The first kappa shape index (κ1) is 13.2. The van der Waals surface area contributed by atoms with E-state index >= 15 is 0 Å². The van der Waals surface area contributed by atoms with E-state index in [1.807, 2.05) is 0 Å². The van der Waals surface area contributed by atoms with Crippen LogP contribution in [0.15, 0.2) is 36.4 Å². The standard InChI is InChI=1S/C14H12Cl2FN/c1-18(2)13-8-9(6-7-12(13)17)14-10(15)4-3-5-11(14)16/h3-8H,1-2H3. The molecule has 0 N–H and O–H groups in total. The van der Waals surface area contributed by atoms with Gasteiger partial charge in [0.25, 0.3) is 0 Å². The van der Waals surface area contributed by atoms with Crippen LogP contribution in [0.1, 0.15) is 0 Å². The van der Waals surface area contributed by atoms with Crippen molar-refractivity contribution in [2.24, 2.45) is 0 Å². The van der Waals surface area contributed by atoms with Gasteiger partial charge in [0.05, 0.1) is 5.69 Å². The molecule has 0 amide bonds. The minimum atomic E-state index is -0.271. The van der Waals surface area contributed by atoms with E-state index in [9.17, 15) is 4.39 Å². The van der Waals surface area contributed by atoms with Gasteiger partial charge in [-0.2, -0.15) is 0 Å². The number of rotatable bonds is 2. The van der Waals surface area contributed by atoms with Gasteiger partial charge in [0.15, 0.2) is 0 Å². The Labute approximate surface area is 116 Å². The van der Waals surface area contributed by atoms with Gasteiger partial charge in [-0.3, -0.25) is 0 Å². The summed E-state index contributed by atoms with van der Waals surface area (Å²) in [5.74, 6) is -0.271. The second kappa shape index (κ2) is 5.17. The van der Waals surface area contributed by atoms with Gasteiger partial charge < -0.3 is 4.90 Å². The summed E-state index contributed by atoms with van der Waals surface area (Å²) in [4.78, 5) is 1.71. The normalized spacial score (nSPS) is 10.5. The molecule has 0 atom stereocenters. The monoisotopic (exact) mass is 283 g/mol. The van der Waals surface area contributed by atoms with E-state index in [-0.39, 0.29) is 5.82 Å². The number of hydrogen-bond donors (Lipinski definition) is 0. The van der Waals surface area contributed by atoms with Crippen LogP contribution in [0.5, 0.6) is 0 Å². The molecule has 0 aromatic heterocycles. The Hall–Kier alpha value is -1.25. The lowest BCUT2D eigenvalue weighted by Gasteiger charge is -2.16. The van der Waals surface area contributed by atoms with Crippen LogP contribution in [0.3, 0.4) is 0 Å². The highest BCUT2D eigenvalue weighted by atomic mass is 35.5. The number of anilines is 1. The Morgan fingerprint density at radius 2 is 1.61 bits per heavy atom. The molecule has 18 heavy (non-hydrogen) atoms. The quantitative estimate of drug-likeness (QED) is 0.760. The lowest BCUT2D eigenvalue weighted by atomic mass is 10.0. The lowest BCUT2D eigenvalue weighted by Crippen LogP contribution is -2.10. The second-order valence-corrected chi connectivity index (χ2v) is 4.97. The molecule has 2 rings (SSSR count). The topological polar surface area (TPSA) is 3.24 Å².